The second-order valence-electron chi connectivity index (χ2n) is 4.31. The number of urea groups is 1. The van der Waals surface area contributed by atoms with E-state index in [1.807, 2.05) is 19.1 Å². The molecule has 0 bridgehead atoms. The number of benzene rings is 2. The fourth-order valence-electron chi connectivity index (χ4n) is 1.74. The van der Waals surface area contributed by atoms with Crippen molar-refractivity contribution >= 4 is 23.3 Å². The van der Waals surface area contributed by atoms with Crippen LogP contribution in [0.2, 0.25) is 0 Å². The highest BCUT2D eigenvalue weighted by atomic mass is 16.2. The van der Waals surface area contributed by atoms with E-state index in [1.54, 1.807) is 36.4 Å². The molecular formula is C15H15N3O2. The molecule has 5 nitrogen and oxygen atoms in total. The van der Waals surface area contributed by atoms with Crippen molar-refractivity contribution in [3.8, 4) is 0 Å². The lowest BCUT2D eigenvalue weighted by Gasteiger charge is -2.09. The van der Waals surface area contributed by atoms with Crippen LogP contribution < -0.4 is 16.4 Å². The normalized spacial score (nSPS) is 9.85. The van der Waals surface area contributed by atoms with Crippen molar-refractivity contribution in [1.29, 1.82) is 0 Å². The average Bonchev–Trinajstić information content (AvgIpc) is 2.41. The fourth-order valence-corrected chi connectivity index (χ4v) is 1.74. The van der Waals surface area contributed by atoms with Crippen molar-refractivity contribution in [3.63, 3.8) is 0 Å². The molecule has 5 heteroatoms. The van der Waals surface area contributed by atoms with E-state index in [-0.39, 0.29) is 5.56 Å². The lowest BCUT2D eigenvalue weighted by molar-refractivity contribution is 0.0968. The predicted molar refractivity (Wildman–Crippen MR) is 78.5 cm³/mol. The van der Waals surface area contributed by atoms with Crippen LogP contribution in [0.15, 0.2) is 48.5 Å². The van der Waals surface area contributed by atoms with Crippen LogP contribution >= 0.6 is 0 Å². The zero-order valence-corrected chi connectivity index (χ0v) is 11.0. The number of amides is 3. The molecule has 20 heavy (non-hydrogen) atoms. The van der Waals surface area contributed by atoms with E-state index in [0.717, 1.165) is 5.56 Å². The first-order valence-corrected chi connectivity index (χ1v) is 6.10. The predicted octanol–water partition coefficient (Wildman–Crippen LogP) is 2.54. The second kappa shape index (κ2) is 5.88. The standard InChI is InChI=1S/C15H15N3O2/c1-10-6-2-5-9-13(10)17-15(20)18-14(19)11-7-3-4-8-12(11)16/h2-9H,16H2,1H3,(H2,17,18,19,20). The molecule has 2 aromatic carbocycles. The molecule has 0 heterocycles. The van der Waals surface area contributed by atoms with E-state index in [2.05, 4.69) is 10.6 Å². The Bertz CT molecular complexity index is 653. The van der Waals surface area contributed by atoms with Gasteiger partial charge in [0.25, 0.3) is 5.91 Å². The maximum absolute atomic E-state index is 11.9. The minimum absolute atomic E-state index is 0.271. The third-order valence-electron chi connectivity index (χ3n) is 2.83. The molecule has 0 spiro atoms. The minimum atomic E-state index is -0.590. The van der Waals surface area contributed by atoms with E-state index in [0.29, 0.717) is 11.4 Å². The second-order valence-corrected chi connectivity index (χ2v) is 4.31. The molecule has 0 saturated carbocycles. The SMILES string of the molecule is Cc1ccccc1NC(=O)NC(=O)c1ccccc1N. The number of hydrogen-bond acceptors (Lipinski definition) is 3. The first-order chi connectivity index (χ1) is 9.58. The number of carbonyl (C=O) groups is 2. The van der Waals surface area contributed by atoms with E-state index in [1.165, 1.54) is 0 Å². The number of anilines is 2. The van der Waals surface area contributed by atoms with Crippen LogP contribution in [0.5, 0.6) is 0 Å². The largest absolute Gasteiger partial charge is 0.398 e. The van der Waals surface area contributed by atoms with Gasteiger partial charge in [-0.05, 0) is 30.7 Å². The van der Waals surface area contributed by atoms with Crippen molar-refractivity contribution < 1.29 is 9.59 Å². The van der Waals surface area contributed by atoms with Crippen molar-refractivity contribution in [3.05, 3.63) is 59.7 Å². The maximum atomic E-state index is 11.9. The highest BCUT2D eigenvalue weighted by Gasteiger charge is 2.12. The number of imide groups is 1. The number of nitrogens with one attached hydrogen (secondary N) is 2. The molecule has 0 aliphatic heterocycles. The molecule has 0 aromatic heterocycles. The summed E-state index contributed by atoms with van der Waals surface area (Å²) >= 11 is 0. The smallest absolute Gasteiger partial charge is 0.326 e. The molecule has 2 rings (SSSR count). The van der Waals surface area contributed by atoms with Crippen LogP contribution in [-0.2, 0) is 0 Å². The van der Waals surface area contributed by atoms with Crippen LogP contribution in [0.3, 0.4) is 0 Å². The average molecular weight is 269 g/mol. The summed E-state index contributed by atoms with van der Waals surface area (Å²) in [5.41, 5.74) is 7.84. The lowest BCUT2D eigenvalue weighted by atomic mass is 10.1. The van der Waals surface area contributed by atoms with Crippen LogP contribution in [0.25, 0.3) is 0 Å². The topological polar surface area (TPSA) is 84.2 Å². The summed E-state index contributed by atoms with van der Waals surface area (Å²) in [4.78, 5) is 23.7. The zero-order chi connectivity index (χ0) is 14.5. The van der Waals surface area contributed by atoms with Crippen LogP contribution in [0.4, 0.5) is 16.2 Å². The van der Waals surface area contributed by atoms with Gasteiger partial charge < -0.3 is 11.1 Å². The van der Waals surface area contributed by atoms with Crippen LogP contribution in [0, 0.1) is 6.92 Å². The molecule has 3 amide bonds. The summed E-state index contributed by atoms with van der Waals surface area (Å²) in [6.45, 7) is 1.87. The number of para-hydroxylation sites is 2. The number of hydrogen-bond donors (Lipinski definition) is 3. The number of aryl methyl sites for hydroxylation is 1. The Balaban J connectivity index is 2.04. The van der Waals surface area contributed by atoms with Gasteiger partial charge in [0.2, 0.25) is 0 Å². The molecule has 2 aromatic rings. The highest BCUT2D eigenvalue weighted by molar-refractivity contribution is 6.10. The van der Waals surface area contributed by atoms with Crippen molar-refractivity contribution in [1.82, 2.24) is 5.32 Å². The zero-order valence-electron chi connectivity index (χ0n) is 11.0. The lowest BCUT2D eigenvalue weighted by Crippen LogP contribution is -2.34. The highest BCUT2D eigenvalue weighted by Crippen LogP contribution is 2.13. The molecule has 102 valence electrons. The van der Waals surface area contributed by atoms with E-state index in [9.17, 15) is 9.59 Å². The molecular weight excluding hydrogens is 254 g/mol. The van der Waals surface area contributed by atoms with E-state index in [4.69, 9.17) is 5.73 Å². The van der Waals surface area contributed by atoms with Gasteiger partial charge in [0.1, 0.15) is 0 Å². The molecule has 0 aliphatic rings. The van der Waals surface area contributed by atoms with Gasteiger partial charge in [-0.15, -0.1) is 0 Å². The first-order valence-electron chi connectivity index (χ1n) is 6.10. The van der Waals surface area contributed by atoms with Crippen molar-refractivity contribution in [2.75, 3.05) is 11.1 Å². The van der Waals surface area contributed by atoms with Gasteiger partial charge in [0.05, 0.1) is 5.56 Å². The molecule has 0 unspecified atom stereocenters. The summed E-state index contributed by atoms with van der Waals surface area (Å²) in [6.07, 6.45) is 0. The van der Waals surface area contributed by atoms with Gasteiger partial charge in [-0.25, -0.2) is 4.79 Å². The van der Waals surface area contributed by atoms with Gasteiger partial charge in [0, 0.05) is 11.4 Å². The fraction of sp³-hybridized carbons (Fsp3) is 0.0667. The summed E-state index contributed by atoms with van der Waals surface area (Å²) in [5.74, 6) is -0.533. The first kappa shape index (κ1) is 13.6. The third-order valence-corrected chi connectivity index (χ3v) is 2.83. The van der Waals surface area contributed by atoms with E-state index >= 15 is 0 Å². The van der Waals surface area contributed by atoms with E-state index < -0.39 is 11.9 Å². The van der Waals surface area contributed by atoms with Crippen molar-refractivity contribution in [2.45, 2.75) is 6.92 Å². The van der Waals surface area contributed by atoms with Crippen LogP contribution in [-0.4, -0.2) is 11.9 Å². The van der Waals surface area contributed by atoms with Gasteiger partial charge >= 0.3 is 6.03 Å². The Hall–Kier alpha value is -2.82. The summed E-state index contributed by atoms with van der Waals surface area (Å²) in [5, 5.41) is 4.86. The number of rotatable bonds is 2. The summed E-state index contributed by atoms with van der Waals surface area (Å²) < 4.78 is 0. The Kier molecular flexibility index (Phi) is 4.00. The monoisotopic (exact) mass is 269 g/mol. The van der Waals surface area contributed by atoms with Gasteiger partial charge in [-0.3, -0.25) is 10.1 Å². The Morgan fingerprint density at radius 3 is 2.35 bits per heavy atom. The number of carbonyl (C=O) groups excluding carboxylic acids is 2. The quantitative estimate of drug-likeness (QED) is 0.732. The molecule has 0 radical (unpaired) electrons. The molecule has 0 saturated heterocycles. The summed E-state index contributed by atoms with van der Waals surface area (Å²) in [6, 6.07) is 13.3. The molecule has 0 aliphatic carbocycles. The Morgan fingerprint density at radius 1 is 1.00 bits per heavy atom. The minimum Gasteiger partial charge on any atom is -0.398 e. The van der Waals surface area contributed by atoms with Gasteiger partial charge in [-0.1, -0.05) is 30.3 Å². The van der Waals surface area contributed by atoms with Gasteiger partial charge in [0.15, 0.2) is 0 Å². The molecule has 0 fully saturated rings. The third kappa shape index (κ3) is 3.14. The number of nitrogen functional groups attached to an aromatic ring is 1. The Labute approximate surface area is 116 Å². The van der Waals surface area contributed by atoms with Crippen molar-refractivity contribution in [2.24, 2.45) is 0 Å². The molecule has 0 atom stereocenters. The molecule has 4 N–H and O–H groups in total. The summed E-state index contributed by atoms with van der Waals surface area (Å²) in [7, 11) is 0. The maximum Gasteiger partial charge on any atom is 0.326 e. The van der Waals surface area contributed by atoms with Crippen LogP contribution in [0.1, 0.15) is 15.9 Å². The Morgan fingerprint density at radius 2 is 1.65 bits per heavy atom. The number of nitrogens with two attached hydrogens (primary N) is 1. The van der Waals surface area contributed by atoms with Gasteiger partial charge in [-0.2, -0.15) is 0 Å².